The molecule has 1 unspecified atom stereocenters. The van der Waals surface area contributed by atoms with Gasteiger partial charge in [0.05, 0.1) is 6.61 Å². The quantitative estimate of drug-likeness (QED) is 0.860. The number of primary amides is 1. The topological polar surface area (TPSA) is 64.3 Å². The van der Waals surface area contributed by atoms with Crippen LogP contribution in [0.5, 0.6) is 5.75 Å². The summed E-state index contributed by atoms with van der Waals surface area (Å²) in [5, 5.41) is 3.74. The number of hydrogen-bond donors (Lipinski definition) is 2. The molecular formula is C16H17ClN2O2. The number of benzene rings is 2. The van der Waals surface area contributed by atoms with Gasteiger partial charge in [-0.25, -0.2) is 0 Å². The van der Waals surface area contributed by atoms with Crippen molar-refractivity contribution in [3.8, 4) is 5.75 Å². The number of halogens is 1. The largest absolute Gasteiger partial charge is 0.494 e. The van der Waals surface area contributed by atoms with Gasteiger partial charge in [-0.15, -0.1) is 0 Å². The zero-order valence-corrected chi connectivity index (χ0v) is 12.4. The smallest absolute Gasteiger partial charge is 0.244 e. The van der Waals surface area contributed by atoms with Crippen molar-refractivity contribution in [2.75, 3.05) is 11.9 Å². The van der Waals surface area contributed by atoms with Crippen LogP contribution in [0.25, 0.3) is 0 Å². The molecule has 4 nitrogen and oxygen atoms in total. The lowest BCUT2D eigenvalue weighted by Crippen LogP contribution is -2.27. The minimum atomic E-state index is -0.609. The van der Waals surface area contributed by atoms with Crippen molar-refractivity contribution < 1.29 is 9.53 Å². The van der Waals surface area contributed by atoms with E-state index in [0.717, 1.165) is 17.0 Å². The Morgan fingerprint density at radius 1 is 1.19 bits per heavy atom. The molecule has 0 radical (unpaired) electrons. The monoisotopic (exact) mass is 304 g/mol. The van der Waals surface area contributed by atoms with Gasteiger partial charge in [-0.05, 0) is 48.9 Å². The first kappa shape index (κ1) is 15.2. The van der Waals surface area contributed by atoms with Gasteiger partial charge in [0.15, 0.2) is 0 Å². The number of nitrogens with one attached hydrogen (secondary N) is 1. The van der Waals surface area contributed by atoms with E-state index in [0.29, 0.717) is 11.6 Å². The summed E-state index contributed by atoms with van der Waals surface area (Å²) in [4.78, 5) is 11.7. The molecule has 0 saturated carbocycles. The molecule has 0 aromatic heterocycles. The number of nitrogens with two attached hydrogens (primary N) is 1. The Balaban J connectivity index is 2.18. The van der Waals surface area contributed by atoms with E-state index in [2.05, 4.69) is 5.32 Å². The van der Waals surface area contributed by atoms with Crippen LogP contribution in [0, 0.1) is 0 Å². The number of rotatable bonds is 6. The summed E-state index contributed by atoms with van der Waals surface area (Å²) in [6.45, 7) is 2.52. The summed E-state index contributed by atoms with van der Waals surface area (Å²) in [7, 11) is 0. The highest BCUT2D eigenvalue weighted by molar-refractivity contribution is 6.30. The zero-order chi connectivity index (χ0) is 15.2. The van der Waals surface area contributed by atoms with Crippen molar-refractivity contribution in [1.29, 1.82) is 0 Å². The first-order valence-corrected chi connectivity index (χ1v) is 7.02. The van der Waals surface area contributed by atoms with Crippen molar-refractivity contribution in [2.45, 2.75) is 13.0 Å². The second-order valence-corrected chi connectivity index (χ2v) is 4.93. The fourth-order valence-electron chi connectivity index (χ4n) is 1.95. The van der Waals surface area contributed by atoms with Crippen LogP contribution in [-0.2, 0) is 4.79 Å². The van der Waals surface area contributed by atoms with E-state index < -0.39 is 11.9 Å². The number of carbonyl (C=O) groups excluding carboxylic acids is 1. The molecule has 5 heteroatoms. The van der Waals surface area contributed by atoms with Gasteiger partial charge < -0.3 is 15.8 Å². The van der Waals surface area contributed by atoms with Gasteiger partial charge in [-0.2, -0.15) is 0 Å². The predicted molar refractivity (Wildman–Crippen MR) is 84.6 cm³/mol. The summed E-state index contributed by atoms with van der Waals surface area (Å²) in [5.41, 5.74) is 7.04. The third-order valence-corrected chi connectivity index (χ3v) is 3.22. The second-order valence-electron chi connectivity index (χ2n) is 4.49. The van der Waals surface area contributed by atoms with Crippen LogP contribution < -0.4 is 15.8 Å². The molecule has 0 heterocycles. The molecule has 2 aromatic rings. The van der Waals surface area contributed by atoms with Crippen LogP contribution >= 0.6 is 11.6 Å². The van der Waals surface area contributed by atoms with Gasteiger partial charge in [0, 0.05) is 10.7 Å². The molecule has 2 rings (SSSR count). The SMILES string of the molecule is CCOc1ccc(C(Nc2ccc(Cl)cc2)C(N)=O)cc1. The van der Waals surface area contributed by atoms with E-state index in [1.807, 2.05) is 31.2 Å². The highest BCUT2D eigenvalue weighted by Gasteiger charge is 2.17. The van der Waals surface area contributed by atoms with Crippen molar-refractivity contribution in [3.05, 3.63) is 59.1 Å². The maximum absolute atomic E-state index is 11.7. The molecule has 110 valence electrons. The van der Waals surface area contributed by atoms with Crippen LogP contribution in [0.4, 0.5) is 5.69 Å². The van der Waals surface area contributed by atoms with E-state index in [-0.39, 0.29) is 0 Å². The van der Waals surface area contributed by atoms with Gasteiger partial charge in [0.2, 0.25) is 5.91 Å². The fraction of sp³-hybridized carbons (Fsp3) is 0.188. The second kappa shape index (κ2) is 6.99. The summed E-state index contributed by atoms with van der Waals surface area (Å²) >= 11 is 5.84. The van der Waals surface area contributed by atoms with Gasteiger partial charge in [0.1, 0.15) is 11.8 Å². The van der Waals surface area contributed by atoms with Crippen LogP contribution in [0.15, 0.2) is 48.5 Å². The van der Waals surface area contributed by atoms with Crippen molar-refractivity contribution in [1.82, 2.24) is 0 Å². The molecule has 3 N–H and O–H groups in total. The highest BCUT2D eigenvalue weighted by Crippen LogP contribution is 2.23. The van der Waals surface area contributed by atoms with Crippen molar-refractivity contribution >= 4 is 23.2 Å². The molecule has 1 atom stereocenters. The summed E-state index contributed by atoms with van der Waals surface area (Å²) in [6, 6.07) is 13.8. The first-order chi connectivity index (χ1) is 10.1. The molecule has 0 aliphatic heterocycles. The predicted octanol–water partition coefficient (Wildman–Crippen LogP) is 3.38. The van der Waals surface area contributed by atoms with E-state index in [1.54, 1.807) is 24.3 Å². The van der Waals surface area contributed by atoms with Gasteiger partial charge in [0.25, 0.3) is 0 Å². The zero-order valence-electron chi connectivity index (χ0n) is 11.7. The maximum atomic E-state index is 11.7. The lowest BCUT2D eigenvalue weighted by molar-refractivity contribution is -0.118. The normalized spacial score (nSPS) is 11.7. The molecule has 1 amide bonds. The molecule has 2 aromatic carbocycles. The fourth-order valence-corrected chi connectivity index (χ4v) is 2.08. The van der Waals surface area contributed by atoms with Crippen LogP contribution in [-0.4, -0.2) is 12.5 Å². The highest BCUT2D eigenvalue weighted by atomic mass is 35.5. The summed E-state index contributed by atoms with van der Waals surface area (Å²) in [5.74, 6) is 0.310. The first-order valence-electron chi connectivity index (χ1n) is 6.64. The third-order valence-electron chi connectivity index (χ3n) is 2.96. The number of ether oxygens (including phenoxy) is 1. The van der Waals surface area contributed by atoms with Gasteiger partial charge in [-0.3, -0.25) is 4.79 Å². The number of hydrogen-bond acceptors (Lipinski definition) is 3. The Kier molecular flexibility index (Phi) is 5.06. The summed E-state index contributed by atoms with van der Waals surface area (Å²) < 4.78 is 5.38. The Labute approximate surface area is 128 Å². The minimum absolute atomic E-state index is 0.450. The van der Waals surface area contributed by atoms with Gasteiger partial charge >= 0.3 is 0 Å². The van der Waals surface area contributed by atoms with E-state index >= 15 is 0 Å². The summed E-state index contributed by atoms with van der Waals surface area (Å²) in [6.07, 6.45) is 0. The Hall–Kier alpha value is -2.20. The number of carbonyl (C=O) groups is 1. The maximum Gasteiger partial charge on any atom is 0.244 e. The third kappa shape index (κ3) is 4.13. The minimum Gasteiger partial charge on any atom is -0.494 e. The van der Waals surface area contributed by atoms with Crippen molar-refractivity contribution in [3.63, 3.8) is 0 Å². The van der Waals surface area contributed by atoms with E-state index in [4.69, 9.17) is 22.1 Å². The molecule has 21 heavy (non-hydrogen) atoms. The van der Waals surface area contributed by atoms with Crippen LogP contribution in [0.1, 0.15) is 18.5 Å². The Bertz CT molecular complexity index is 597. The molecule has 0 spiro atoms. The van der Waals surface area contributed by atoms with Crippen LogP contribution in [0.3, 0.4) is 0 Å². The molecule has 0 aliphatic carbocycles. The molecule has 0 bridgehead atoms. The van der Waals surface area contributed by atoms with Crippen molar-refractivity contribution in [2.24, 2.45) is 5.73 Å². The Morgan fingerprint density at radius 3 is 2.33 bits per heavy atom. The van der Waals surface area contributed by atoms with E-state index in [9.17, 15) is 4.79 Å². The number of amides is 1. The molecule has 0 fully saturated rings. The van der Waals surface area contributed by atoms with Gasteiger partial charge in [-0.1, -0.05) is 23.7 Å². The Morgan fingerprint density at radius 2 is 1.81 bits per heavy atom. The lowest BCUT2D eigenvalue weighted by Gasteiger charge is -2.17. The average Bonchev–Trinajstić information content (AvgIpc) is 2.48. The number of anilines is 1. The molecule has 0 saturated heterocycles. The van der Waals surface area contributed by atoms with E-state index in [1.165, 1.54) is 0 Å². The standard InChI is InChI=1S/C16H17ClN2O2/c1-2-21-14-9-3-11(4-10-14)15(16(18)20)19-13-7-5-12(17)6-8-13/h3-10,15,19H,2H2,1H3,(H2,18,20). The van der Waals surface area contributed by atoms with Crippen LogP contribution in [0.2, 0.25) is 5.02 Å². The average molecular weight is 305 g/mol. The molecular weight excluding hydrogens is 288 g/mol. The molecule has 0 aliphatic rings. The lowest BCUT2D eigenvalue weighted by atomic mass is 10.1.